The summed E-state index contributed by atoms with van der Waals surface area (Å²) in [5.74, 6) is -1.68. The molecule has 23 heteroatoms. The number of Topliss-reactive ketones (excluding diaryl/α,β-unsaturated/α-hetero) is 1. The molecule has 1 unspecified atom stereocenters. The molecule has 2 saturated heterocycles. The largest absolute Gasteiger partial charge is 0.507 e. The molecular formula is C50H66BrN12O6PS3. The topological polar surface area (TPSA) is 275 Å². The molecule has 0 radical (unpaired) electrons. The van der Waals surface area contributed by atoms with Gasteiger partial charge >= 0.3 is 0 Å². The number of rotatable bonds is 14. The number of phenols is 2. The highest BCUT2D eigenvalue weighted by Crippen LogP contribution is 2.32. The number of thiazole rings is 1. The lowest BCUT2D eigenvalue weighted by Gasteiger charge is -2.36. The number of aromatic hydroxyl groups is 2. The molecule has 4 aromatic carbocycles. The molecule has 3 heterocycles. The number of carbonyl (C=O) groups excluding carboxylic acids is 4. The minimum Gasteiger partial charge on any atom is -0.507 e. The molecule has 12 N–H and O–H groups in total. The summed E-state index contributed by atoms with van der Waals surface area (Å²) in [4.78, 5) is 64.6. The maximum Gasteiger partial charge on any atom is 0.252 e. The third kappa shape index (κ3) is 17.4. The second-order valence-electron chi connectivity index (χ2n) is 17.2. The van der Waals surface area contributed by atoms with E-state index in [-0.39, 0.29) is 59.9 Å². The first-order valence-corrected chi connectivity index (χ1v) is 26.3. The van der Waals surface area contributed by atoms with Crippen molar-refractivity contribution in [2.75, 3.05) is 91.6 Å². The number of hydrogen-bond donors (Lipinski definition) is 8. The van der Waals surface area contributed by atoms with Crippen LogP contribution in [0.25, 0.3) is 0 Å². The molecule has 1 atom stereocenters. The van der Waals surface area contributed by atoms with Gasteiger partial charge in [-0.25, -0.2) is 4.98 Å². The smallest absolute Gasteiger partial charge is 0.252 e. The molecule has 2 aliphatic rings. The van der Waals surface area contributed by atoms with Crippen molar-refractivity contribution in [2.45, 2.75) is 44.7 Å². The van der Waals surface area contributed by atoms with Gasteiger partial charge in [0.2, 0.25) is 5.78 Å². The van der Waals surface area contributed by atoms with Crippen molar-refractivity contribution in [1.82, 2.24) is 14.8 Å². The van der Waals surface area contributed by atoms with Crippen LogP contribution < -0.4 is 43.4 Å². The number of thiocarbonyl (C=S) groups is 1. The average Bonchev–Trinajstić information content (AvgIpc) is 3.73. The van der Waals surface area contributed by atoms with Crippen LogP contribution in [0.4, 0.5) is 33.7 Å². The Kier molecular flexibility index (Phi) is 23.3. The van der Waals surface area contributed by atoms with Crippen molar-refractivity contribution in [3.63, 3.8) is 0 Å². The van der Waals surface area contributed by atoms with Gasteiger partial charge in [0.05, 0.1) is 16.5 Å². The summed E-state index contributed by atoms with van der Waals surface area (Å²) in [6.07, 6.45) is 4.70. The zero-order chi connectivity index (χ0) is 52.6. The maximum absolute atomic E-state index is 12.9. The molecule has 2 fully saturated rings. The highest BCUT2D eigenvalue weighted by molar-refractivity contribution is 9.09. The number of amidine groups is 1. The highest BCUT2D eigenvalue weighted by Gasteiger charge is 2.23. The van der Waals surface area contributed by atoms with E-state index in [1.807, 2.05) is 31.2 Å². The quantitative estimate of drug-likeness (QED) is 0.0137. The number of nitrogen functional groups attached to an aromatic ring is 1. The van der Waals surface area contributed by atoms with E-state index in [9.17, 15) is 29.4 Å². The fourth-order valence-corrected chi connectivity index (χ4v) is 9.80. The molecule has 5 aromatic rings. The summed E-state index contributed by atoms with van der Waals surface area (Å²) >= 11 is 10.8. The molecule has 0 aliphatic carbocycles. The number of hydrogen-bond acceptors (Lipinski definition) is 16. The molecule has 0 bridgehead atoms. The Morgan fingerprint density at radius 2 is 1.22 bits per heavy atom. The number of nitrogens with zero attached hydrogens (tertiary/aromatic N) is 6. The van der Waals surface area contributed by atoms with Crippen LogP contribution in [0.15, 0.2) is 89.9 Å². The number of nitrogens with two attached hydrogens (primary N) is 4. The molecule has 392 valence electrons. The summed E-state index contributed by atoms with van der Waals surface area (Å²) < 4.78 is 0. The van der Waals surface area contributed by atoms with Gasteiger partial charge in [0, 0.05) is 72.1 Å². The number of benzene rings is 4. The molecule has 2 aliphatic heterocycles. The Hall–Kier alpha value is -5.87. The number of carbonyl (C=O) groups is 4. The number of piperidine rings is 2. The standard InChI is InChI=1S/C24H28N6O3S.C17H27N5S2.C9H8BrNO3.H3P/c1-29(2)16-9-11-30(12-10-16)17-6-4-15(5-7-17)27-24-28-22(25)21(34-24)20(32)14-3-8-19(31)18(13-14)23(26)33;1-4-24-16(18)20-17(23)19-13-5-7-15(8-6-13)22-11-9-14(10-12-22)21(2)3;10-4-8(13)5-1-2-7(12)6(3-5)9(11)14;/h3-8,13,16,31H,9-12,25H2,1-2H3,(H2,26,33)(H,27,28);5-8,14H,4,9-12H2,1-3H3,(H3,18,19,20,23);1-3,12H,4H2,(H2,11,14);1H3. The molecule has 1 aromatic heterocycles. The van der Waals surface area contributed by atoms with E-state index in [1.54, 1.807) is 0 Å². The van der Waals surface area contributed by atoms with Gasteiger partial charge in [0.15, 0.2) is 21.2 Å². The van der Waals surface area contributed by atoms with Crippen LogP contribution in [0.2, 0.25) is 0 Å². The monoisotopic (exact) mass is 1140 g/mol. The molecular weight excluding hydrogens is 1070 g/mol. The second-order valence-corrected chi connectivity index (χ2v) is 20.4. The van der Waals surface area contributed by atoms with Crippen molar-refractivity contribution in [3.8, 4) is 11.5 Å². The number of ketones is 2. The maximum atomic E-state index is 12.9. The number of aromatic nitrogens is 1. The van der Waals surface area contributed by atoms with E-state index >= 15 is 0 Å². The Labute approximate surface area is 452 Å². The Morgan fingerprint density at radius 1 is 0.767 bits per heavy atom. The fourth-order valence-electron chi connectivity index (χ4n) is 7.89. The number of thioether (sulfide) groups is 1. The van der Waals surface area contributed by atoms with Crippen molar-refractivity contribution >= 4 is 129 Å². The van der Waals surface area contributed by atoms with Crippen LogP contribution >= 0.6 is 61.1 Å². The fraction of sp³-hybridized carbons (Fsp3) is 0.340. The van der Waals surface area contributed by atoms with Crippen molar-refractivity contribution in [1.29, 1.82) is 0 Å². The van der Waals surface area contributed by atoms with Gasteiger partial charge < -0.3 is 63.4 Å². The molecule has 73 heavy (non-hydrogen) atoms. The summed E-state index contributed by atoms with van der Waals surface area (Å²) in [6, 6.07) is 25.7. The Bertz CT molecular complexity index is 2710. The first kappa shape index (κ1) is 59.7. The molecule has 7 rings (SSSR count). The molecule has 0 saturated carbocycles. The predicted molar refractivity (Wildman–Crippen MR) is 312 cm³/mol. The molecule has 0 spiro atoms. The first-order valence-electron chi connectivity index (χ1n) is 23.0. The Morgan fingerprint density at radius 3 is 1.66 bits per heavy atom. The van der Waals surface area contributed by atoms with Crippen LogP contribution in [0.3, 0.4) is 0 Å². The van der Waals surface area contributed by atoms with Gasteiger partial charge in [0.1, 0.15) is 22.2 Å². The van der Waals surface area contributed by atoms with Gasteiger partial charge in [0.25, 0.3) is 11.8 Å². The summed E-state index contributed by atoms with van der Waals surface area (Å²) in [5.41, 5.74) is 26.6. The summed E-state index contributed by atoms with van der Waals surface area (Å²) in [7, 11) is 8.60. The average molecular weight is 1140 g/mol. The van der Waals surface area contributed by atoms with E-state index in [2.05, 4.69) is 109 Å². The third-order valence-corrected chi connectivity index (χ3v) is 14.3. The van der Waals surface area contributed by atoms with Crippen molar-refractivity contribution in [2.24, 2.45) is 22.2 Å². The second kappa shape index (κ2) is 28.5. The molecule has 18 nitrogen and oxygen atoms in total. The van der Waals surface area contributed by atoms with Gasteiger partial charge in [-0.15, -0.1) is 0 Å². The normalized spacial score (nSPS) is 14.0. The van der Waals surface area contributed by atoms with Gasteiger partial charge in [-0.1, -0.05) is 46.0 Å². The van der Waals surface area contributed by atoms with Crippen LogP contribution in [-0.2, 0) is 0 Å². The lowest BCUT2D eigenvalue weighted by molar-refractivity contribution is 0.0987. The predicted octanol–water partition coefficient (Wildman–Crippen LogP) is 7.14. The minimum absolute atomic E-state index is 0. The van der Waals surface area contributed by atoms with E-state index < -0.39 is 17.6 Å². The van der Waals surface area contributed by atoms with E-state index in [4.69, 9.17) is 35.2 Å². The summed E-state index contributed by atoms with van der Waals surface area (Å²) in [6.45, 7) is 6.29. The van der Waals surface area contributed by atoms with Crippen molar-refractivity contribution < 1.29 is 29.4 Å². The lowest BCUT2D eigenvalue weighted by Crippen LogP contribution is -2.41. The van der Waals surface area contributed by atoms with E-state index in [0.717, 1.165) is 67.5 Å². The minimum atomic E-state index is -0.822. The summed E-state index contributed by atoms with van der Waals surface area (Å²) in [5, 5.41) is 26.8. The highest BCUT2D eigenvalue weighted by atomic mass is 79.9. The number of anilines is 6. The van der Waals surface area contributed by atoms with Crippen LogP contribution in [0, 0.1) is 0 Å². The van der Waals surface area contributed by atoms with Gasteiger partial charge in [-0.3, -0.25) is 19.2 Å². The number of primary amides is 2. The number of nitrogens with one attached hydrogen (secondary N) is 2. The van der Waals surface area contributed by atoms with Gasteiger partial charge in [-0.05, 0) is 157 Å². The SMILES string of the molecule is CCSC(N)=NC(=S)Nc1ccc(N2CCC(N(C)C)CC2)cc1.CN(C)C1CCN(c2ccc(Nc3nc(N)c(C(=O)c4ccc(O)c(C(N)=O)c4)s3)cc2)CC1.NC(=O)c1cc(C(=O)CBr)ccc1O.P. The van der Waals surface area contributed by atoms with Crippen LogP contribution in [0.1, 0.15) is 78.9 Å². The van der Waals surface area contributed by atoms with E-state index in [0.29, 0.717) is 33.1 Å². The van der Waals surface area contributed by atoms with Crippen molar-refractivity contribution in [3.05, 3.63) is 112 Å². The lowest BCUT2D eigenvalue weighted by atomic mass is 10.0. The van der Waals surface area contributed by atoms with Gasteiger partial charge in [-0.2, -0.15) is 14.9 Å². The number of alkyl halides is 1. The third-order valence-electron chi connectivity index (χ3n) is 12.0. The first-order chi connectivity index (χ1) is 34.3. The zero-order valence-electron chi connectivity index (χ0n) is 41.6. The zero-order valence-corrected chi connectivity index (χ0v) is 47.1. The van der Waals surface area contributed by atoms with Crippen LogP contribution in [-0.4, -0.2) is 136 Å². The Balaban J connectivity index is 0.000000258. The number of amides is 2. The molecule has 2 amide bonds. The van der Waals surface area contributed by atoms with Crippen LogP contribution in [0.5, 0.6) is 11.5 Å². The van der Waals surface area contributed by atoms with E-state index in [1.165, 1.54) is 72.4 Å². The number of aliphatic imine (C=N–C) groups is 1. The number of halogens is 1.